The fraction of sp³-hybridized carbons (Fsp3) is 0.333. The van der Waals surface area contributed by atoms with E-state index in [1.54, 1.807) is 6.33 Å². The van der Waals surface area contributed by atoms with Gasteiger partial charge in [0.25, 0.3) is 0 Å². The first kappa shape index (κ1) is 14.3. The SMILES string of the molecule is CN(C)CCNc1cc(NCc2ccccc2)ncn1. The molecule has 0 amide bonds. The third-order valence-corrected chi connectivity index (χ3v) is 2.85. The molecule has 0 aliphatic rings. The molecule has 1 aromatic heterocycles. The standard InChI is InChI=1S/C15H21N5/c1-20(2)9-8-16-14-10-15(19-12-18-14)17-11-13-6-4-3-5-7-13/h3-7,10,12H,8-9,11H2,1-2H3,(H2,16,17,18,19). The number of nitrogens with zero attached hydrogens (tertiary/aromatic N) is 3. The van der Waals surface area contributed by atoms with Crippen LogP contribution >= 0.6 is 0 Å². The highest BCUT2D eigenvalue weighted by atomic mass is 15.1. The van der Waals surface area contributed by atoms with Crippen molar-refractivity contribution in [1.29, 1.82) is 0 Å². The van der Waals surface area contributed by atoms with Gasteiger partial charge in [0.05, 0.1) is 0 Å². The molecule has 0 unspecified atom stereocenters. The lowest BCUT2D eigenvalue weighted by molar-refractivity contribution is 0.425. The van der Waals surface area contributed by atoms with Gasteiger partial charge in [0.1, 0.15) is 18.0 Å². The van der Waals surface area contributed by atoms with Gasteiger partial charge >= 0.3 is 0 Å². The van der Waals surface area contributed by atoms with Crippen molar-refractivity contribution in [2.24, 2.45) is 0 Å². The predicted octanol–water partition coefficient (Wildman–Crippen LogP) is 2.06. The maximum Gasteiger partial charge on any atom is 0.131 e. The van der Waals surface area contributed by atoms with Gasteiger partial charge in [-0.25, -0.2) is 9.97 Å². The second kappa shape index (κ2) is 7.45. The van der Waals surface area contributed by atoms with Gasteiger partial charge in [-0.1, -0.05) is 30.3 Å². The zero-order chi connectivity index (χ0) is 14.2. The van der Waals surface area contributed by atoms with E-state index in [1.165, 1.54) is 5.56 Å². The minimum Gasteiger partial charge on any atom is -0.369 e. The van der Waals surface area contributed by atoms with Gasteiger partial charge in [0.2, 0.25) is 0 Å². The first-order valence-corrected chi connectivity index (χ1v) is 6.72. The van der Waals surface area contributed by atoms with Crippen molar-refractivity contribution in [3.8, 4) is 0 Å². The molecule has 0 atom stereocenters. The zero-order valence-electron chi connectivity index (χ0n) is 12.0. The molecule has 20 heavy (non-hydrogen) atoms. The molecule has 106 valence electrons. The Morgan fingerprint density at radius 1 is 1.00 bits per heavy atom. The van der Waals surface area contributed by atoms with Gasteiger partial charge in [-0.3, -0.25) is 0 Å². The van der Waals surface area contributed by atoms with E-state index < -0.39 is 0 Å². The highest BCUT2D eigenvalue weighted by molar-refractivity contribution is 5.46. The van der Waals surface area contributed by atoms with Gasteiger partial charge in [-0.15, -0.1) is 0 Å². The molecule has 0 saturated heterocycles. The number of anilines is 2. The Hall–Kier alpha value is -2.14. The molecule has 0 bridgehead atoms. The van der Waals surface area contributed by atoms with Crippen LogP contribution in [0, 0.1) is 0 Å². The van der Waals surface area contributed by atoms with E-state index in [0.717, 1.165) is 31.3 Å². The molecule has 0 radical (unpaired) electrons. The van der Waals surface area contributed by atoms with Crippen molar-refractivity contribution in [2.45, 2.75) is 6.54 Å². The van der Waals surface area contributed by atoms with Gasteiger partial charge in [0, 0.05) is 25.7 Å². The molecular formula is C15H21N5. The Bertz CT molecular complexity index is 513. The van der Waals surface area contributed by atoms with Crippen LogP contribution in [0.5, 0.6) is 0 Å². The van der Waals surface area contributed by atoms with Crippen molar-refractivity contribution in [3.63, 3.8) is 0 Å². The molecule has 0 aliphatic heterocycles. The summed E-state index contributed by atoms with van der Waals surface area (Å²) in [5.41, 5.74) is 1.23. The summed E-state index contributed by atoms with van der Waals surface area (Å²) >= 11 is 0. The normalized spacial score (nSPS) is 10.6. The molecule has 2 rings (SSSR count). The zero-order valence-corrected chi connectivity index (χ0v) is 12.0. The largest absolute Gasteiger partial charge is 0.369 e. The second-order valence-corrected chi connectivity index (χ2v) is 4.86. The lowest BCUT2D eigenvalue weighted by Crippen LogP contribution is -2.21. The van der Waals surface area contributed by atoms with Crippen LogP contribution in [-0.2, 0) is 6.54 Å². The van der Waals surface area contributed by atoms with Crippen molar-refractivity contribution in [1.82, 2.24) is 14.9 Å². The van der Waals surface area contributed by atoms with Gasteiger partial charge in [-0.05, 0) is 19.7 Å². The topological polar surface area (TPSA) is 53.1 Å². The van der Waals surface area contributed by atoms with Gasteiger partial charge < -0.3 is 15.5 Å². The summed E-state index contributed by atoms with van der Waals surface area (Å²) in [6, 6.07) is 12.2. The molecular weight excluding hydrogens is 250 g/mol. The van der Waals surface area contributed by atoms with E-state index in [1.807, 2.05) is 24.3 Å². The van der Waals surface area contributed by atoms with Gasteiger partial charge in [0.15, 0.2) is 0 Å². The highest BCUT2D eigenvalue weighted by Gasteiger charge is 1.99. The van der Waals surface area contributed by atoms with Gasteiger partial charge in [-0.2, -0.15) is 0 Å². The van der Waals surface area contributed by atoms with Crippen LogP contribution in [0.25, 0.3) is 0 Å². The molecule has 0 spiro atoms. The van der Waals surface area contributed by atoms with Crippen LogP contribution in [0.3, 0.4) is 0 Å². The third-order valence-electron chi connectivity index (χ3n) is 2.85. The minimum absolute atomic E-state index is 0.759. The fourth-order valence-electron chi connectivity index (χ4n) is 1.75. The van der Waals surface area contributed by atoms with Crippen molar-refractivity contribution < 1.29 is 0 Å². The summed E-state index contributed by atoms with van der Waals surface area (Å²) < 4.78 is 0. The maximum absolute atomic E-state index is 4.23. The quantitative estimate of drug-likeness (QED) is 0.807. The number of likely N-dealkylation sites (N-methyl/N-ethyl adjacent to an activating group) is 1. The first-order valence-electron chi connectivity index (χ1n) is 6.72. The molecule has 1 heterocycles. The first-order chi connectivity index (χ1) is 9.74. The second-order valence-electron chi connectivity index (χ2n) is 4.86. The average Bonchev–Trinajstić information content (AvgIpc) is 2.46. The van der Waals surface area contributed by atoms with E-state index in [0.29, 0.717) is 0 Å². The Balaban J connectivity index is 1.86. The van der Waals surface area contributed by atoms with Crippen LogP contribution in [0.15, 0.2) is 42.7 Å². The van der Waals surface area contributed by atoms with Crippen LogP contribution in [0.1, 0.15) is 5.56 Å². The number of hydrogen-bond acceptors (Lipinski definition) is 5. The van der Waals surface area contributed by atoms with Crippen molar-refractivity contribution >= 4 is 11.6 Å². The lowest BCUT2D eigenvalue weighted by Gasteiger charge is -2.11. The van der Waals surface area contributed by atoms with E-state index in [4.69, 9.17) is 0 Å². The highest BCUT2D eigenvalue weighted by Crippen LogP contribution is 2.10. The van der Waals surface area contributed by atoms with Crippen molar-refractivity contribution in [3.05, 3.63) is 48.3 Å². The van der Waals surface area contributed by atoms with Crippen LogP contribution in [0.2, 0.25) is 0 Å². The Morgan fingerprint density at radius 3 is 2.40 bits per heavy atom. The molecule has 5 nitrogen and oxygen atoms in total. The Kier molecular flexibility index (Phi) is 5.32. The summed E-state index contributed by atoms with van der Waals surface area (Å²) in [5, 5.41) is 6.58. The summed E-state index contributed by atoms with van der Waals surface area (Å²) in [7, 11) is 4.10. The van der Waals surface area contributed by atoms with Crippen LogP contribution in [-0.4, -0.2) is 42.1 Å². The Morgan fingerprint density at radius 2 is 1.70 bits per heavy atom. The van der Waals surface area contributed by atoms with E-state index >= 15 is 0 Å². The fourth-order valence-corrected chi connectivity index (χ4v) is 1.75. The number of aromatic nitrogens is 2. The molecule has 0 saturated carbocycles. The number of benzene rings is 1. The molecule has 2 N–H and O–H groups in total. The number of rotatable bonds is 7. The number of nitrogens with one attached hydrogen (secondary N) is 2. The lowest BCUT2D eigenvalue weighted by atomic mass is 10.2. The molecule has 1 aromatic carbocycles. The van der Waals surface area contributed by atoms with E-state index in [-0.39, 0.29) is 0 Å². The molecule has 0 aliphatic carbocycles. The van der Waals surface area contributed by atoms with Crippen LogP contribution < -0.4 is 10.6 Å². The summed E-state index contributed by atoms with van der Waals surface area (Å²) in [6.07, 6.45) is 1.57. The Labute approximate surface area is 120 Å². The van der Waals surface area contributed by atoms with Crippen LogP contribution in [0.4, 0.5) is 11.6 Å². The average molecular weight is 271 g/mol. The molecule has 5 heteroatoms. The summed E-state index contributed by atoms with van der Waals surface area (Å²) in [6.45, 7) is 2.59. The maximum atomic E-state index is 4.23. The monoisotopic (exact) mass is 271 g/mol. The van der Waals surface area contributed by atoms with E-state index in [2.05, 4.69) is 51.7 Å². The summed E-state index contributed by atoms with van der Waals surface area (Å²) in [5.74, 6) is 1.67. The smallest absolute Gasteiger partial charge is 0.131 e. The predicted molar refractivity (Wildman–Crippen MR) is 82.8 cm³/mol. The number of hydrogen-bond donors (Lipinski definition) is 2. The van der Waals surface area contributed by atoms with Crippen molar-refractivity contribution in [2.75, 3.05) is 37.8 Å². The molecule has 0 fully saturated rings. The third kappa shape index (κ3) is 4.85. The molecule has 2 aromatic rings. The summed E-state index contributed by atoms with van der Waals surface area (Å²) in [4.78, 5) is 10.6. The van der Waals surface area contributed by atoms with E-state index in [9.17, 15) is 0 Å². The minimum atomic E-state index is 0.759.